The number of allylic oxidation sites excluding steroid dienone is 1. The zero-order chi connectivity index (χ0) is 19.4. The highest BCUT2D eigenvalue weighted by molar-refractivity contribution is 7.90. The van der Waals surface area contributed by atoms with E-state index in [1.165, 1.54) is 23.7 Å². The van der Waals surface area contributed by atoms with Crippen molar-refractivity contribution in [2.45, 2.75) is 11.4 Å². The van der Waals surface area contributed by atoms with Crippen LogP contribution in [0.4, 0.5) is 0 Å². The second kappa shape index (κ2) is 7.85. The van der Waals surface area contributed by atoms with Crippen molar-refractivity contribution in [2.75, 3.05) is 6.26 Å². The zero-order valence-electron chi connectivity index (χ0n) is 14.7. The van der Waals surface area contributed by atoms with Gasteiger partial charge in [0.2, 0.25) is 0 Å². The van der Waals surface area contributed by atoms with Crippen LogP contribution in [-0.4, -0.2) is 25.1 Å². The van der Waals surface area contributed by atoms with Gasteiger partial charge in [0.15, 0.2) is 14.6 Å². The Morgan fingerprint density at radius 2 is 1.96 bits per heavy atom. The van der Waals surface area contributed by atoms with E-state index in [1.807, 2.05) is 34.9 Å². The first kappa shape index (κ1) is 19.0. The first-order valence-electron chi connectivity index (χ1n) is 8.14. The van der Waals surface area contributed by atoms with Gasteiger partial charge in [0.05, 0.1) is 15.1 Å². The third kappa shape index (κ3) is 4.50. The Morgan fingerprint density at radius 3 is 2.63 bits per heavy atom. The van der Waals surface area contributed by atoms with Crippen LogP contribution in [-0.2, 0) is 21.2 Å². The summed E-state index contributed by atoms with van der Waals surface area (Å²) in [4.78, 5) is 17.2. The van der Waals surface area contributed by atoms with E-state index in [2.05, 4.69) is 11.6 Å². The molecule has 0 bridgehead atoms. The number of rotatable bonds is 5. The van der Waals surface area contributed by atoms with Gasteiger partial charge in [-0.3, -0.25) is 4.79 Å². The number of hydrogen-bond donors (Lipinski definition) is 0. The molecular formula is C20H18N2O3S2. The Hall–Kier alpha value is -2.77. The fraction of sp³-hybridized carbons (Fsp3) is 0.100. The molecule has 138 valence electrons. The van der Waals surface area contributed by atoms with Crippen molar-refractivity contribution < 1.29 is 13.2 Å². The molecule has 0 spiro atoms. The van der Waals surface area contributed by atoms with E-state index in [4.69, 9.17) is 0 Å². The van der Waals surface area contributed by atoms with Crippen LogP contribution < -0.4 is 4.80 Å². The molecule has 0 fully saturated rings. The second-order valence-electron chi connectivity index (χ2n) is 5.88. The molecule has 0 aliphatic rings. The third-order valence-corrected chi connectivity index (χ3v) is 5.97. The van der Waals surface area contributed by atoms with Crippen molar-refractivity contribution >= 4 is 43.4 Å². The number of aromatic nitrogens is 1. The maximum Gasteiger partial charge on any atom is 0.272 e. The Balaban J connectivity index is 2.05. The Morgan fingerprint density at radius 1 is 1.22 bits per heavy atom. The van der Waals surface area contributed by atoms with Crippen LogP contribution in [0.2, 0.25) is 0 Å². The maximum atomic E-state index is 12.3. The standard InChI is InChI=1S/C20H18N2O3S2/c1-3-13-22-17-11-10-16(27(2,24)25)14-18(17)26-20(22)21-19(23)12-9-15-7-5-4-6-8-15/h3-12,14H,1,13H2,2H3. The molecule has 0 saturated heterocycles. The molecule has 0 N–H and O–H groups in total. The molecule has 3 rings (SSSR count). The third-order valence-electron chi connectivity index (χ3n) is 3.82. The van der Waals surface area contributed by atoms with Gasteiger partial charge in [-0.05, 0) is 29.8 Å². The number of nitrogens with zero attached hydrogens (tertiary/aromatic N) is 2. The fourth-order valence-corrected chi connectivity index (χ4v) is 4.34. The molecule has 0 unspecified atom stereocenters. The lowest BCUT2D eigenvalue weighted by Gasteiger charge is -2.02. The van der Waals surface area contributed by atoms with Gasteiger partial charge in [0.1, 0.15) is 0 Å². The van der Waals surface area contributed by atoms with Crippen LogP contribution in [0, 0.1) is 0 Å². The summed E-state index contributed by atoms with van der Waals surface area (Å²) in [5.74, 6) is -0.383. The topological polar surface area (TPSA) is 68.5 Å². The summed E-state index contributed by atoms with van der Waals surface area (Å²) in [6.45, 7) is 4.21. The Bertz CT molecular complexity index is 1200. The molecular weight excluding hydrogens is 380 g/mol. The van der Waals surface area contributed by atoms with Crippen LogP contribution in [0.5, 0.6) is 0 Å². The summed E-state index contributed by atoms with van der Waals surface area (Å²) in [5.41, 5.74) is 1.72. The smallest absolute Gasteiger partial charge is 0.272 e. The van der Waals surface area contributed by atoms with Gasteiger partial charge in [-0.15, -0.1) is 6.58 Å². The van der Waals surface area contributed by atoms with Gasteiger partial charge in [0, 0.05) is 18.9 Å². The van der Waals surface area contributed by atoms with E-state index in [-0.39, 0.29) is 10.8 Å². The Kier molecular flexibility index (Phi) is 5.53. The summed E-state index contributed by atoms with van der Waals surface area (Å²) >= 11 is 1.27. The van der Waals surface area contributed by atoms with Crippen molar-refractivity contribution in [2.24, 2.45) is 4.99 Å². The summed E-state index contributed by atoms with van der Waals surface area (Å²) in [6, 6.07) is 14.4. The van der Waals surface area contributed by atoms with E-state index in [0.717, 1.165) is 15.8 Å². The number of amides is 1. The van der Waals surface area contributed by atoms with Gasteiger partial charge in [0.25, 0.3) is 5.91 Å². The van der Waals surface area contributed by atoms with Crippen LogP contribution in [0.1, 0.15) is 5.56 Å². The average Bonchev–Trinajstić information content (AvgIpc) is 2.97. The van der Waals surface area contributed by atoms with Crippen molar-refractivity contribution in [3.8, 4) is 0 Å². The Labute approximate surface area is 161 Å². The highest BCUT2D eigenvalue weighted by atomic mass is 32.2. The molecule has 3 aromatic rings. The molecule has 1 heterocycles. The van der Waals surface area contributed by atoms with Crippen LogP contribution in [0.25, 0.3) is 16.3 Å². The number of sulfone groups is 1. The lowest BCUT2D eigenvalue weighted by Crippen LogP contribution is -2.15. The van der Waals surface area contributed by atoms with Crippen LogP contribution >= 0.6 is 11.3 Å². The minimum Gasteiger partial charge on any atom is -0.312 e. The number of carbonyl (C=O) groups excluding carboxylic acids is 1. The van der Waals surface area contributed by atoms with Crippen molar-refractivity contribution in [1.29, 1.82) is 0 Å². The summed E-state index contributed by atoms with van der Waals surface area (Å²) < 4.78 is 26.2. The van der Waals surface area contributed by atoms with E-state index in [0.29, 0.717) is 11.3 Å². The van der Waals surface area contributed by atoms with Crippen molar-refractivity contribution in [1.82, 2.24) is 4.57 Å². The summed E-state index contributed by atoms with van der Waals surface area (Å²) in [6.07, 6.45) is 6.00. The van der Waals surface area contributed by atoms with E-state index < -0.39 is 9.84 Å². The lowest BCUT2D eigenvalue weighted by molar-refractivity contribution is -0.113. The quantitative estimate of drug-likeness (QED) is 0.488. The predicted octanol–water partition coefficient (Wildman–Crippen LogP) is 3.43. The molecule has 0 saturated carbocycles. The van der Waals surface area contributed by atoms with Gasteiger partial charge < -0.3 is 4.57 Å². The van der Waals surface area contributed by atoms with Crippen molar-refractivity contribution in [3.63, 3.8) is 0 Å². The molecule has 0 aliphatic carbocycles. The normalized spacial score (nSPS) is 12.7. The number of fused-ring (bicyclic) bond motifs is 1. The minimum atomic E-state index is -3.30. The largest absolute Gasteiger partial charge is 0.312 e. The van der Waals surface area contributed by atoms with Crippen molar-refractivity contribution in [3.05, 3.63) is 77.6 Å². The highest BCUT2D eigenvalue weighted by Gasteiger charge is 2.12. The van der Waals surface area contributed by atoms with E-state index >= 15 is 0 Å². The number of benzene rings is 2. The van der Waals surface area contributed by atoms with E-state index in [9.17, 15) is 13.2 Å². The molecule has 0 atom stereocenters. The molecule has 0 radical (unpaired) electrons. The SMILES string of the molecule is C=CCn1c(=NC(=O)C=Cc2ccccc2)sc2cc(S(C)(=O)=O)ccc21. The van der Waals surface area contributed by atoms with Gasteiger partial charge >= 0.3 is 0 Å². The van der Waals surface area contributed by atoms with Crippen LogP contribution in [0.3, 0.4) is 0 Å². The minimum absolute atomic E-state index is 0.240. The van der Waals surface area contributed by atoms with Gasteiger partial charge in [-0.1, -0.05) is 47.7 Å². The molecule has 1 amide bonds. The first-order valence-corrected chi connectivity index (χ1v) is 10.9. The number of thiazole rings is 1. The summed E-state index contributed by atoms with van der Waals surface area (Å²) in [7, 11) is -3.30. The van der Waals surface area contributed by atoms with E-state index in [1.54, 1.807) is 30.4 Å². The molecule has 1 aromatic heterocycles. The predicted molar refractivity (Wildman–Crippen MR) is 109 cm³/mol. The van der Waals surface area contributed by atoms with Gasteiger partial charge in [-0.2, -0.15) is 4.99 Å². The lowest BCUT2D eigenvalue weighted by atomic mass is 10.2. The van der Waals surface area contributed by atoms with Gasteiger partial charge in [-0.25, -0.2) is 8.42 Å². The number of hydrogen-bond acceptors (Lipinski definition) is 4. The monoisotopic (exact) mass is 398 g/mol. The zero-order valence-corrected chi connectivity index (χ0v) is 16.3. The average molecular weight is 399 g/mol. The molecule has 0 aliphatic heterocycles. The number of carbonyl (C=O) groups is 1. The molecule has 7 heteroatoms. The fourth-order valence-electron chi connectivity index (χ4n) is 2.54. The molecule has 5 nitrogen and oxygen atoms in total. The molecule has 2 aromatic carbocycles. The highest BCUT2D eigenvalue weighted by Crippen LogP contribution is 2.22. The first-order chi connectivity index (χ1) is 12.9. The molecule has 27 heavy (non-hydrogen) atoms. The van der Waals surface area contributed by atoms with Crippen LogP contribution in [0.15, 0.2) is 77.1 Å². The maximum absolute atomic E-state index is 12.3. The second-order valence-corrected chi connectivity index (χ2v) is 8.90. The summed E-state index contributed by atoms with van der Waals surface area (Å²) in [5, 5.41) is 0.